The van der Waals surface area contributed by atoms with Crippen molar-refractivity contribution in [3.63, 3.8) is 0 Å². The summed E-state index contributed by atoms with van der Waals surface area (Å²) in [7, 11) is 3.83. The molecule has 0 atom stereocenters. The van der Waals surface area contributed by atoms with Crippen molar-refractivity contribution in [2.75, 3.05) is 27.2 Å². The Labute approximate surface area is 150 Å². The highest BCUT2D eigenvalue weighted by molar-refractivity contribution is 7.09. The van der Waals surface area contributed by atoms with Crippen molar-refractivity contribution >= 4 is 17.3 Å². The largest absolute Gasteiger partial charge is 0.491 e. The zero-order valence-electron chi connectivity index (χ0n) is 14.1. The molecule has 25 heavy (non-hydrogen) atoms. The van der Waals surface area contributed by atoms with E-state index in [-0.39, 0.29) is 11.4 Å². The second-order valence-corrected chi connectivity index (χ2v) is 6.51. The van der Waals surface area contributed by atoms with Gasteiger partial charge in [0.2, 0.25) is 0 Å². The first-order valence-corrected chi connectivity index (χ1v) is 8.57. The molecular weight excluding hydrogens is 343 g/mol. The molecule has 2 rings (SSSR count). The van der Waals surface area contributed by atoms with E-state index >= 15 is 0 Å². The summed E-state index contributed by atoms with van der Waals surface area (Å²) in [6.07, 6.45) is 1.11. The summed E-state index contributed by atoms with van der Waals surface area (Å²) in [5.74, 6) is 4.52. The third-order valence-electron chi connectivity index (χ3n) is 3.21. The zero-order valence-corrected chi connectivity index (χ0v) is 14.9. The maximum Gasteiger partial charge on any atom is 0.355 e. The van der Waals surface area contributed by atoms with E-state index in [1.807, 2.05) is 19.0 Å². The maximum absolute atomic E-state index is 14.0. The molecule has 0 aliphatic rings. The average molecular weight is 362 g/mol. The van der Waals surface area contributed by atoms with Gasteiger partial charge in [0, 0.05) is 10.4 Å². The Bertz CT molecular complexity index is 793. The molecule has 0 saturated heterocycles. The van der Waals surface area contributed by atoms with Crippen LogP contribution in [0.25, 0.3) is 0 Å². The van der Waals surface area contributed by atoms with Gasteiger partial charge in [-0.15, -0.1) is 11.3 Å². The van der Waals surface area contributed by atoms with Crippen LogP contribution in [0.5, 0.6) is 5.75 Å². The minimum atomic E-state index is -1.03. The normalized spacial score (nSPS) is 10.4. The predicted molar refractivity (Wildman–Crippen MR) is 94.7 cm³/mol. The Morgan fingerprint density at radius 1 is 1.44 bits per heavy atom. The number of aromatic nitrogens is 1. The number of rotatable bonds is 7. The van der Waals surface area contributed by atoms with Crippen molar-refractivity contribution in [2.45, 2.75) is 12.8 Å². The number of benzene rings is 1. The molecule has 1 heterocycles. The van der Waals surface area contributed by atoms with Crippen molar-refractivity contribution in [3.8, 4) is 17.6 Å². The van der Waals surface area contributed by atoms with Crippen LogP contribution < -0.4 is 4.74 Å². The van der Waals surface area contributed by atoms with Crippen LogP contribution in [0.3, 0.4) is 0 Å². The van der Waals surface area contributed by atoms with Gasteiger partial charge in [0.25, 0.3) is 0 Å². The molecule has 0 unspecified atom stereocenters. The van der Waals surface area contributed by atoms with Gasteiger partial charge in [-0.3, -0.25) is 4.90 Å². The van der Waals surface area contributed by atoms with Crippen LogP contribution in [-0.4, -0.2) is 48.2 Å². The van der Waals surface area contributed by atoms with Crippen molar-refractivity contribution in [1.82, 2.24) is 9.88 Å². The molecule has 5 nitrogen and oxygen atoms in total. The fourth-order valence-corrected chi connectivity index (χ4v) is 2.83. The van der Waals surface area contributed by atoms with Crippen LogP contribution in [0.15, 0.2) is 23.7 Å². The van der Waals surface area contributed by atoms with E-state index in [1.165, 1.54) is 22.9 Å². The summed E-state index contributed by atoms with van der Waals surface area (Å²) in [6, 6.07) is 4.63. The summed E-state index contributed by atoms with van der Waals surface area (Å²) in [5.41, 5.74) is 2.19. The molecule has 1 aromatic carbocycles. The molecule has 1 aromatic heterocycles. The highest BCUT2D eigenvalue weighted by atomic mass is 32.1. The van der Waals surface area contributed by atoms with Crippen molar-refractivity contribution < 1.29 is 19.0 Å². The number of carbonyl (C=O) groups is 1. The summed E-state index contributed by atoms with van der Waals surface area (Å²) < 4.78 is 19.5. The topological polar surface area (TPSA) is 62.7 Å². The van der Waals surface area contributed by atoms with E-state index in [0.29, 0.717) is 36.4 Å². The molecule has 0 radical (unpaired) electrons. The Morgan fingerprint density at radius 2 is 2.24 bits per heavy atom. The van der Waals surface area contributed by atoms with E-state index in [2.05, 4.69) is 16.8 Å². The first-order valence-electron chi connectivity index (χ1n) is 7.69. The molecule has 0 aliphatic carbocycles. The van der Waals surface area contributed by atoms with Crippen molar-refractivity contribution in [2.24, 2.45) is 0 Å². The molecule has 7 heteroatoms. The predicted octanol–water partition coefficient (Wildman–Crippen LogP) is 2.91. The average Bonchev–Trinajstić information content (AvgIpc) is 3.01. The number of carboxylic acid groups (broad SMARTS) is 1. The smallest absolute Gasteiger partial charge is 0.355 e. The number of halogens is 1. The van der Waals surface area contributed by atoms with Crippen LogP contribution >= 0.6 is 11.3 Å². The Hall–Kier alpha value is -2.43. The van der Waals surface area contributed by atoms with Gasteiger partial charge in [-0.1, -0.05) is 11.8 Å². The minimum absolute atomic E-state index is 0.0804. The van der Waals surface area contributed by atoms with E-state index < -0.39 is 11.8 Å². The third kappa shape index (κ3) is 5.85. The number of aryl methyl sites for hydroxylation is 1. The van der Waals surface area contributed by atoms with Gasteiger partial charge in [0.15, 0.2) is 17.3 Å². The number of ether oxygens (including phenoxy) is 1. The second kappa shape index (κ2) is 9.16. The highest BCUT2D eigenvalue weighted by Gasteiger charge is 2.13. The monoisotopic (exact) mass is 362 g/mol. The Kier molecular flexibility index (Phi) is 6.92. The first kappa shape index (κ1) is 18.9. The number of nitrogens with zero attached hydrogens (tertiary/aromatic N) is 2. The quantitative estimate of drug-likeness (QED) is 0.606. The molecular formula is C18H19FN2O3S. The number of aromatic carboxylic acids is 1. The molecule has 132 valence electrons. The summed E-state index contributed by atoms with van der Waals surface area (Å²) in [4.78, 5) is 17.4. The Balaban J connectivity index is 1.85. The van der Waals surface area contributed by atoms with Gasteiger partial charge in [0.1, 0.15) is 0 Å². The lowest BCUT2D eigenvalue weighted by Crippen LogP contribution is -2.10. The van der Waals surface area contributed by atoms with E-state index in [9.17, 15) is 9.18 Å². The molecule has 0 aliphatic heterocycles. The molecule has 0 bridgehead atoms. The first-order chi connectivity index (χ1) is 12.0. The van der Waals surface area contributed by atoms with E-state index in [4.69, 9.17) is 9.84 Å². The third-order valence-corrected chi connectivity index (χ3v) is 4.10. The van der Waals surface area contributed by atoms with Crippen molar-refractivity contribution in [3.05, 3.63) is 45.7 Å². The lowest BCUT2D eigenvalue weighted by molar-refractivity contribution is 0.0690. The van der Waals surface area contributed by atoms with Crippen LogP contribution in [0.2, 0.25) is 0 Å². The van der Waals surface area contributed by atoms with Gasteiger partial charge in [-0.05, 0) is 45.1 Å². The summed E-state index contributed by atoms with van der Waals surface area (Å²) in [5, 5.41) is 8.99. The van der Waals surface area contributed by atoms with Crippen LogP contribution in [0.4, 0.5) is 4.39 Å². The molecule has 2 aromatic rings. The standard InChI is InChI=1S/C18H19FN2O3S/c1-21(2)9-3-5-13-7-8-15(14(19)11-13)24-10-4-6-16-17(18(22)23)20-12-25-16/h7-8,11-12H,4,6,9-10H2,1-2H3,(H,22,23). The van der Waals surface area contributed by atoms with Crippen molar-refractivity contribution in [1.29, 1.82) is 0 Å². The van der Waals surface area contributed by atoms with Gasteiger partial charge < -0.3 is 9.84 Å². The number of hydrogen-bond donors (Lipinski definition) is 1. The van der Waals surface area contributed by atoms with Gasteiger partial charge >= 0.3 is 5.97 Å². The van der Waals surface area contributed by atoms with Crippen LogP contribution in [-0.2, 0) is 6.42 Å². The van der Waals surface area contributed by atoms with Crippen LogP contribution in [0, 0.1) is 17.7 Å². The Morgan fingerprint density at radius 3 is 2.92 bits per heavy atom. The van der Waals surface area contributed by atoms with Gasteiger partial charge in [0.05, 0.1) is 18.7 Å². The van der Waals surface area contributed by atoms with Gasteiger partial charge in [-0.25, -0.2) is 14.2 Å². The molecule has 0 amide bonds. The van der Waals surface area contributed by atoms with Gasteiger partial charge in [-0.2, -0.15) is 0 Å². The van der Waals surface area contributed by atoms with E-state index in [0.717, 1.165) is 0 Å². The lowest BCUT2D eigenvalue weighted by atomic mass is 10.2. The minimum Gasteiger partial charge on any atom is -0.491 e. The SMILES string of the molecule is CN(C)CC#Cc1ccc(OCCCc2scnc2C(=O)O)c(F)c1. The molecule has 0 saturated carbocycles. The number of thiazole rings is 1. The maximum atomic E-state index is 14.0. The molecule has 1 N–H and O–H groups in total. The second-order valence-electron chi connectivity index (χ2n) is 5.57. The summed E-state index contributed by atoms with van der Waals surface area (Å²) in [6.45, 7) is 0.898. The number of hydrogen-bond acceptors (Lipinski definition) is 5. The van der Waals surface area contributed by atoms with E-state index in [1.54, 1.807) is 12.1 Å². The fourth-order valence-electron chi connectivity index (χ4n) is 2.03. The molecule has 0 fully saturated rings. The zero-order chi connectivity index (χ0) is 18.2. The number of carboxylic acids is 1. The fraction of sp³-hybridized carbons (Fsp3) is 0.333. The highest BCUT2D eigenvalue weighted by Crippen LogP contribution is 2.19. The lowest BCUT2D eigenvalue weighted by Gasteiger charge is -2.07. The molecule has 0 spiro atoms. The summed E-state index contributed by atoms with van der Waals surface area (Å²) >= 11 is 1.30. The van der Waals surface area contributed by atoms with Crippen LogP contribution in [0.1, 0.15) is 27.3 Å².